The molecule has 1 fully saturated rings. The lowest BCUT2D eigenvalue weighted by Crippen LogP contribution is -2.54. The molecule has 1 saturated heterocycles. The van der Waals surface area contributed by atoms with Crippen LogP contribution >= 0.6 is 0 Å². The number of amides is 1. The first-order chi connectivity index (χ1) is 9.63. The number of rotatable bonds is 11. The van der Waals surface area contributed by atoms with Crippen molar-refractivity contribution in [3.63, 3.8) is 0 Å². The minimum absolute atomic E-state index is 0.0510. The molecule has 0 aliphatic carbocycles. The minimum atomic E-state index is -0.0510. The van der Waals surface area contributed by atoms with Crippen molar-refractivity contribution < 1.29 is 19.0 Å². The van der Waals surface area contributed by atoms with Gasteiger partial charge in [-0.3, -0.25) is 4.79 Å². The molecule has 0 atom stereocenters. The summed E-state index contributed by atoms with van der Waals surface area (Å²) in [7, 11) is 1.63. The van der Waals surface area contributed by atoms with Crippen LogP contribution in [0.1, 0.15) is 13.8 Å². The zero-order valence-electron chi connectivity index (χ0n) is 12.9. The Morgan fingerprint density at radius 3 is 2.50 bits per heavy atom. The maximum atomic E-state index is 11.5. The van der Waals surface area contributed by atoms with Gasteiger partial charge < -0.3 is 24.4 Å². The summed E-state index contributed by atoms with van der Waals surface area (Å²) in [6.45, 7) is 9.44. The predicted octanol–water partition coefficient (Wildman–Crippen LogP) is 0.122. The van der Waals surface area contributed by atoms with Crippen molar-refractivity contribution in [2.24, 2.45) is 5.92 Å². The molecular weight excluding hydrogens is 260 g/mol. The third-order valence-corrected chi connectivity index (χ3v) is 3.34. The van der Waals surface area contributed by atoms with Crippen LogP contribution < -0.4 is 5.32 Å². The summed E-state index contributed by atoms with van der Waals surface area (Å²) in [4.78, 5) is 13.9. The van der Waals surface area contributed by atoms with Gasteiger partial charge in [0.05, 0.1) is 26.4 Å². The highest BCUT2D eigenvalue weighted by molar-refractivity contribution is 5.77. The Morgan fingerprint density at radius 1 is 1.20 bits per heavy atom. The quantitative estimate of drug-likeness (QED) is 0.547. The molecule has 1 N–H and O–H groups in total. The summed E-state index contributed by atoms with van der Waals surface area (Å²) >= 11 is 0. The van der Waals surface area contributed by atoms with Crippen molar-refractivity contribution in [3.8, 4) is 0 Å². The molecule has 0 bridgehead atoms. The minimum Gasteiger partial charge on any atom is -0.382 e. The molecule has 1 heterocycles. The average Bonchev–Trinajstić information content (AvgIpc) is 2.35. The van der Waals surface area contributed by atoms with Crippen LogP contribution in [0.4, 0.5) is 0 Å². The lowest BCUT2D eigenvalue weighted by molar-refractivity contribution is -0.126. The summed E-state index contributed by atoms with van der Waals surface area (Å²) in [6, 6.07) is 0.600. The first-order valence-corrected chi connectivity index (χ1v) is 7.28. The Bertz CT molecular complexity index is 268. The number of likely N-dealkylation sites (tertiary alicyclic amines) is 1. The Morgan fingerprint density at radius 2 is 1.85 bits per heavy atom. The molecule has 0 aromatic rings. The molecule has 1 amide bonds. The van der Waals surface area contributed by atoms with Crippen LogP contribution in [-0.4, -0.2) is 76.6 Å². The summed E-state index contributed by atoms with van der Waals surface area (Å²) < 4.78 is 15.3. The number of nitrogens with one attached hydrogen (secondary N) is 1. The van der Waals surface area contributed by atoms with Crippen molar-refractivity contribution in [3.05, 3.63) is 0 Å². The van der Waals surface area contributed by atoms with Crippen molar-refractivity contribution in [2.75, 3.05) is 59.8 Å². The zero-order chi connectivity index (χ0) is 14.8. The molecule has 6 nitrogen and oxygen atoms in total. The molecule has 0 aromatic heterocycles. The zero-order valence-corrected chi connectivity index (χ0v) is 12.9. The van der Waals surface area contributed by atoms with E-state index in [1.165, 1.54) is 0 Å². The molecule has 0 saturated carbocycles. The van der Waals surface area contributed by atoms with Gasteiger partial charge in [0.25, 0.3) is 0 Å². The summed E-state index contributed by atoms with van der Waals surface area (Å²) in [6.07, 6.45) is 0. The van der Waals surface area contributed by atoms with Crippen molar-refractivity contribution in [2.45, 2.75) is 19.9 Å². The fraction of sp³-hybridized carbons (Fsp3) is 0.929. The van der Waals surface area contributed by atoms with Gasteiger partial charge in [0.2, 0.25) is 5.91 Å². The molecule has 0 aromatic carbocycles. The molecule has 20 heavy (non-hydrogen) atoms. The van der Waals surface area contributed by atoms with Crippen LogP contribution in [0.3, 0.4) is 0 Å². The molecule has 0 radical (unpaired) electrons. The summed E-state index contributed by atoms with van der Waals surface area (Å²) in [5.74, 6) is 0.531. The Balaban J connectivity index is 1.87. The standard InChI is InChI=1S/C14H28N2O4/c1-12(2)16-9-13(10-16)8-15-14(17)11-20-7-6-19-5-4-18-3/h12-13H,4-11H2,1-3H3,(H,15,17). The molecule has 0 spiro atoms. The summed E-state index contributed by atoms with van der Waals surface area (Å²) in [5, 5.41) is 2.90. The first kappa shape index (κ1) is 17.4. The number of methoxy groups -OCH3 is 1. The molecule has 1 aliphatic heterocycles. The maximum absolute atomic E-state index is 11.5. The van der Waals surface area contributed by atoms with Gasteiger partial charge in [0.15, 0.2) is 0 Å². The lowest BCUT2D eigenvalue weighted by atomic mass is 9.98. The number of nitrogens with zero attached hydrogens (tertiary/aromatic N) is 1. The van der Waals surface area contributed by atoms with Gasteiger partial charge in [0, 0.05) is 38.7 Å². The number of ether oxygens (including phenoxy) is 3. The second-order valence-corrected chi connectivity index (χ2v) is 5.38. The van der Waals surface area contributed by atoms with E-state index in [0.29, 0.717) is 38.4 Å². The fourth-order valence-electron chi connectivity index (χ4n) is 2.00. The summed E-state index contributed by atoms with van der Waals surface area (Å²) in [5.41, 5.74) is 0. The topological polar surface area (TPSA) is 60.0 Å². The van der Waals surface area contributed by atoms with E-state index in [0.717, 1.165) is 19.6 Å². The molecule has 118 valence electrons. The van der Waals surface area contributed by atoms with Crippen LogP contribution in [-0.2, 0) is 19.0 Å². The smallest absolute Gasteiger partial charge is 0.246 e. The molecule has 6 heteroatoms. The SMILES string of the molecule is COCCOCCOCC(=O)NCC1CN(C(C)C)C1. The largest absolute Gasteiger partial charge is 0.382 e. The normalized spacial score (nSPS) is 16.4. The van der Waals surface area contributed by atoms with Crippen LogP contribution in [0.2, 0.25) is 0 Å². The first-order valence-electron chi connectivity index (χ1n) is 7.28. The molecule has 1 aliphatic rings. The number of carbonyl (C=O) groups is 1. The second kappa shape index (κ2) is 10.1. The number of hydrogen-bond donors (Lipinski definition) is 1. The van der Waals surface area contributed by atoms with E-state index in [2.05, 4.69) is 24.1 Å². The molecule has 0 unspecified atom stereocenters. The van der Waals surface area contributed by atoms with Gasteiger partial charge in [-0.05, 0) is 13.8 Å². The van der Waals surface area contributed by atoms with E-state index in [1.807, 2.05) is 0 Å². The average molecular weight is 288 g/mol. The van der Waals surface area contributed by atoms with Gasteiger partial charge in [-0.25, -0.2) is 0 Å². The third kappa shape index (κ3) is 7.19. The Hall–Kier alpha value is -0.690. The maximum Gasteiger partial charge on any atom is 0.246 e. The van der Waals surface area contributed by atoms with E-state index >= 15 is 0 Å². The van der Waals surface area contributed by atoms with E-state index in [-0.39, 0.29) is 12.5 Å². The number of carbonyl (C=O) groups excluding carboxylic acids is 1. The van der Waals surface area contributed by atoms with E-state index < -0.39 is 0 Å². The van der Waals surface area contributed by atoms with Gasteiger partial charge in [-0.2, -0.15) is 0 Å². The monoisotopic (exact) mass is 288 g/mol. The van der Waals surface area contributed by atoms with Crippen LogP contribution in [0.25, 0.3) is 0 Å². The van der Waals surface area contributed by atoms with Crippen molar-refractivity contribution in [1.82, 2.24) is 10.2 Å². The van der Waals surface area contributed by atoms with E-state index in [1.54, 1.807) is 7.11 Å². The van der Waals surface area contributed by atoms with Gasteiger partial charge >= 0.3 is 0 Å². The third-order valence-electron chi connectivity index (χ3n) is 3.34. The predicted molar refractivity (Wildman–Crippen MR) is 76.7 cm³/mol. The highest BCUT2D eigenvalue weighted by Crippen LogP contribution is 2.17. The van der Waals surface area contributed by atoms with Gasteiger partial charge in [-0.1, -0.05) is 0 Å². The molecule has 1 rings (SSSR count). The number of hydrogen-bond acceptors (Lipinski definition) is 5. The van der Waals surface area contributed by atoms with E-state index in [4.69, 9.17) is 14.2 Å². The van der Waals surface area contributed by atoms with Crippen molar-refractivity contribution in [1.29, 1.82) is 0 Å². The van der Waals surface area contributed by atoms with E-state index in [9.17, 15) is 4.79 Å². The Labute approximate surface area is 121 Å². The Kier molecular flexibility index (Phi) is 8.77. The van der Waals surface area contributed by atoms with Crippen LogP contribution in [0.15, 0.2) is 0 Å². The van der Waals surface area contributed by atoms with Crippen LogP contribution in [0, 0.1) is 5.92 Å². The van der Waals surface area contributed by atoms with Crippen molar-refractivity contribution >= 4 is 5.91 Å². The lowest BCUT2D eigenvalue weighted by Gasteiger charge is -2.42. The molecular formula is C14H28N2O4. The van der Waals surface area contributed by atoms with Gasteiger partial charge in [-0.15, -0.1) is 0 Å². The highest BCUT2D eigenvalue weighted by atomic mass is 16.5. The van der Waals surface area contributed by atoms with Gasteiger partial charge in [0.1, 0.15) is 6.61 Å². The fourth-order valence-corrected chi connectivity index (χ4v) is 2.00. The highest BCUT2D eigenvalue weighted by Gasteiger charge is 2.28. The second-order valence-electron chi connectivity index (χ2n) is 5.38. The van der Waals surface area contributed by atoms with Crippen LogP contribution in [0.5, 0.6) is 0 Å².